The molecule has 0 atom stereocenters. The number of rotatable bonds is 5. The topological polar surface area (TPSA) is 73.9 Å². The Kier molecular flexibility index (Phi) is 5.87. The Labute approximate surface area is 194 Å². The van der Waals surface area contributed by atoms with E-state index in [4.69, 9.17) is 9.47 Å². The molecule has 1 saturated heterocycles. The zero-order valence-corrected chi connectivity index (χ0v) is 18.5. The molecule has 1 aliphatic rings. The van der Waals surface area contributed by atoms with Gasteiger partial charge in [0, 0.05) is 43.3 Å². The molecule has 3 aromatic heterocycles. The summed E-state index contributed by atoms with van der Waals surface area (Å²) in [7, 11) is 1.38. The molecule has 5 rings (SSSR count). The number of fused-ring (bicyclic) bond motifs is 1. The molecule has 8 nitrogen and oxygen atoms in total. The summed E-state index contributed by atoms with van der Waals surface area (Å²) in [4.78, 5) is 17.9. The van der Waals surface area contributed by atoms with Gasteiger partial charge in [0.1, 0.15) is 11.8 Å². The molecule has 34 heavy (non-hydrogen) atoms. The zero-order valence-electron chi connectivity index (χ0n) is 18.5. The fraction of sp³-hybridized carbons (Fsp3) is 0.292. The maximum atomic E-state index is 12.8. The minimum Gasteiger partial charge on any atom is -0.475 e. The number of alkyl halides is 2. The molecule has 1 fully saturated rings. The molecule has 1 aromatic carbocycles. The molecule has 10 heteroatoms. The van der Waals surface area contributed by atoms with Gasteiger partial charge in [-0.25, -0.2) is 14.5 Å². The molecule has 0 spiro atoms. The van der Waals surface area contributed by atoms with E-state index >= 15 is 0 Å². The summed E-state index contributed by atoms with van der Waals surface area (Å²) in [5.74, 6) is 0.670. The van der Waals surface area contributed by atoms with Crippen molar-refractivity contribution >= 4 is 11.7 Å². The summed E-state index contributed by atoms with van der Waals surface area (Å²) in [5, 5.41) is 3.70. The maximum absolute atomic E-state index is 12.8. The summed E-state index contributed by atoms with van der Waals surface area (Å²) in [6, 6.07) is 13.3. The molecule has 0 unspecified atom stereocenters. The van der Waals surface area contributed by atoms with E-state index in [9.17, 15) is 13.6 Å². The highest BCUT2D eigenvalue weighted by molar-refractivity contribution is 5.70. The predicted octanol–water partition coefficient (Wildman–Crippen LogP) is 4.87. The number of methoxy groups -OCH3 is 1. The second-order valence-electron chi connectivity index (χ2n) is 8.04. The van der Waals surface area contributed by atoms with E-state index in [2.05, 4.69) is 10.1 Å². The Morgan fingerprint density at radius 3 is 2.44 bits per heavy atom. The first-order valence-electron chi connectivity index (χ1n) is 10.9. The Hall–Kier alpha value is -3.95. The average Bonchev–Trinajstić information content (AvgIpc) is 3.53. The summed E-state index contributed by atoms with van der Waals surface area (Å²) in [6.45, 7) is -1.51. The first-order valence-corrected chi connectivity index (χ1v) is 10.9. The van der Waals surface area contributed by atoms with Crippen molar-refractivity contribution < 1.29 is 23.0 Å². The lowest BCUT2D eigenvalue weighted by atomic mass is 10.1. The zero-order chi connectivity index (χ0) is 23.7. The van der Waals surface area contributed by atoms with Crippen LogP contribution < -0.4 is 4.74 Å². The number of likely N-dealkylation sites (tertiary alicyclic amines) is 1. The van der Waals surface area contributed by atoms with E-state index in [1.165, 1.54) is 19.5 Å². The first-order chi connectivity index (χ1) is 16.5. The molecule has 1 amide bonds. The van der Waals surface area contributed by atoms with Crippen molar-refractivity contribution in [2.45, 2.75) is 25.5 Å². The van der Waals surface area contributed by atoms with Gasteiger partial charge in [-0.15, -0.1) is 0 Å². The van der Waals surface area contributed by atoms with Crippen molar-refractivity contribution in [1.29, 1.82) is 0 Å². The fourth-order valence-electron chi connectivity index (χ4n) is 4.19. The van der Waals surface area contributed by atoms with Gasteiger partial charge < -0.3 is 14.4 Å². The minimum atomic E-state index is -2.67. The van der Waals surface area contributed by atoms with Gasteiger partial charge in [0.15, 0.2) is 5.88 Å². The second kappa shape index (κ2) is 9.12. The lowest BCUT2D eigenvalue weighted by Crippen LogP contribution is -2.41. The van der Waals surface area contributed by atoms with Gasteiger partial charge in [-0.05, 0) is 17.7 Å². The number of halogens is 2. The second-order valence-corrected chi connectivity index (χ2v) is 8.04. The lowest BCUT2D eigenvalue weighted by Gasteiger charge is -2.31. The van der Waals surface area contributed by atoms with Crippen LogP contribution in [0.15, 0.2) is 61.1 Å². The van der Waals surface area contributed by atoms with E-state index in [-0.39, 0.29) is 12.2 Å². The number of imidazole rings is 1. The third-order valence-corrected chi connectivity index (χ3v) is 5.97. The van der Waals surface area contributed by atoms with Crippen molar-refractivity contribution in [2.75, 3.05) is 20.2 Å². The van der Waals surface area contributed by atoms with Crippen LogP contribution in [-0.4, -0.2) is 56.5 Å². The smallest absolute Gasteiger partial charge is 0.409 e. The number of hydrogen-bond donors (Lipinski definition) is 0. The molecular weight excluding hydrogens is 444 g/mol. The van der Waals surface area contributed by atoms with E-state index in [1.54, 1.807) is 11.1 Å². The number of ether oxygens (including phenoxy) is 2. The Morgan fingerprint density at radius 1 is 1.03 bits per heavy atom. The first kappa shape index (κ1) is 21.9. The molecule has 4 aromatic rings. The van der Waals surface area contributed by atoms with Gasteiger partial charge in [-0.2, -0.15) is 13.9 Å². The Morgan fingerprint density at radius 2 is 1.76 bits per heavy atom. The largest absolute Gasteiger partial charge is 0.475 e. The van der Waals surface area contributed by atoms with Gasteiger partial charge in [0.2, 0.25) is 0 Å². The quantitative estimate of drug-likeness (QED) is 0.419. The molecule has 0 saturated carbocycles. The lowest BCUT2D eigenvalue weighted by molar-refractivity contribution is 0.0566. The molecule has 4 heterocycles. The third kappa shape index (κ3) is 4.18. The highest BCUT2D eigenvalue weighted by Crippen LogP contribution is 2.30. The molecule has 1 aliphatic heterocycles. The van der Waals surface area contributed by atoms with Crippen LogP contribution in [0.5, 0.6) is 5.88 Å². The van der Waals surface area contributed by atoms with Crippen LogP contribution in [0.2, 0.25) is 0 Å². The highest BCUT2D eigenvalue weighted by Gasteiger charge is 2.25. The number of aromatic nitrogens is 4. The van der Waals surface area contributed by atoms with Gasteiger partial charge in [0.05, 0.1) is 25.2 Å². The number of carbonyl (C=O) groups is 1. The molecule has 176 valence electrons. The molecule has 0 radical (unpaired) electrons. The monoisotopic (exact) mass is 467 g/mol. The van der Waals surface area contributed by atoms with Crippen LogP contribution in [-0.2, 0) is 4.74 Å². The predicted molar refractivity (Wildman–Crippen MR) is 121 cm³/mol. The summed E-state index contributed by atoms with van der Waals surface area (Å²) in [5.41, 5.74) is 3.92. The average molecular weight is 467 g/mol. The number of benzene rings is 1. The van der Waals surface area contributed by atoms with E-state index < -0.39 is 6.55 Å². The third-order valence-electron chi connectivity index (χ3n) is 5.97. The van der Waals surface area contributed by atoms with Crippen molar-refractivity contribution in [3.8, 4) is 28.3 Å². The van der Waals surface area contributed by atoms with Crippen molar-refractivity contribution in [2.24, 2.45) is 0 Å². The van der Waals surface area contributed by atoms with Crippen LogP contribution in [0, 0.1) is 0 Å². The molecule has 0 aliphatic carbocycles. The van der Waals surface area contributed by atoms with Crippen molar-refractivity contribution in [3.63, 3.8) is 0 Å². The number of carbonyl (C=O) groups excluding carboxylic acids is 1. The van der Waals surface area contributed by atoms with Gasteiger partial charge >= 0.3 is 12.6 Å². The van der Waals surface area contributed by atoms with Crippen LogP contribution in [0.4, 0.5) is 13.6 Å². The minimum absolute atomic E-state index is 0.0319. The standard InChI is InChI=1S/C24H23F2N5O3/c1-33-24(32)29-11-9-19(10-12-29)34-22-4-2-3-21-27-14-20(31(21)22)17-7-5-16(6-8-17)18-13-28-30(15-18)23(25)26/h2-8,13-15,19,23H,9-12H2,1H3. The maximum Gasteiger partial charge on any atom is 0.409 e. The number of nitrogens with zero attached hydrogens (tertiary/aromatic N) is 5. The van der Waals surface area contributed by atoms with Crippen LogP contribution in [0.1, 0.15) is 19.4 Å². The summed E-state index contributed by atoms with van der Waals surface area (Å²) < 4.78 is 39.4. The van der Waals surface area contributed by atoms with Gasteiger partial charge in [0.25, 0.3) is 0 Å². The normalized spacial score (nSPS) is 14.6. The molecule has 0 bridgehead atoms. The van der Waals surface area contributed by atoms with Gasteiger partial charge in [-0.1, -0.05) is 30.3 Å². The van der Waals surface area contributed by atoms with Crippen molar-refractivity contribution in [3.05, 3.63) is 61.1 Å². The van der Waals surface area contributed by atoms with E-state index in [0.717, 1.165) is 22.5 Å². The van der Waals surface area contributed by atoms with E-state index in [1.807, 2.05) is 46.9 Å². The summed E-state index contributed by atoms with van der Waals surface area (Å²) in [6.07, 6.45) is 5.59. The number of amides is 1. The summed E-state index contributed by atoms with van der Waals surface area (Å²) >= 11 is 0. The fourth-order valence-corrected chi connectivity index (χ4v) is 4.19. The highest BCUT2D eigenvalue weighted by atomic mass is 19.3. The number of pyridine rings is 1. The SMILES string of the molecule is COC(=O)N1CCC(Oc2cccc3ncc(-c4ccc(-c5cnn(C(F)F)c5)cc4)n23)CC1. The van der Waals surface area contributed by atoms with Crippen LogP contribution in [0.25, 0.3) is 28.0 Å². The molecule has 0 N–H and O–H groups in total. The Bertz CT molecular complexity index is 1290. The number of piperidine rings is 1. The number of hydrogen-bond acceptors (Lipinski definition) is 5. The van der Waals surface area contributed by atoms with Crippen LogP contribution >= 0.6 is 0 Å². The van der Waals surface area contributed by atoms with Crippen LogP contribution in [0.3, 0.4) is 0 Å². The Balaban J connectivity index is 1.38. The molecular formula is C24H23F2N5O3. The van der Waals surface area contributed by atoms with Crippen molar-refractivity contribution in [1.82, 2.24) is 24.1 Å². The van der Waals surface area contributed by atoms with E-state index in [0.29, 0.717) is 42.1 Å². The van der Waals surface area contributed by atoms with Gasteiger partial charge in [-0.3, -0.25) is 4.40 Å².